The first-order valence-corrected chi connectivity index (χ1v) is 7.55. The predicted molar refractivity (Wildman–Crippen MR) is 91.8 cm³/mol. The molecule has 1 aromatic heterocycles. The molecule has 3 rings (SSSR count). The Morgan fingerprint density at radius 2 is 1.74 bits per heavy atom. The summed E-state index contributed by atoms with van der Waals surface area (Å²) in [5.41, 5.74) is 10.2. The molecule has 2 aromatic carbocycles. The van der Waals surface area contributed by atoms with Crippen LogP contribution in [0, 0.1) is 13.8 Å². The van der Waals surface area contributed by atoms with E-state index in [1.54, 1.807) is 10.7 Å². The maximum absolute atomic E-state index is 12.3. The molecule has 0 saturated carbocycles. The third kappa shape index (κ3) is 3.07. The minimum absolute atomic E-state index is 0.136. The summed E-state index contributed by atoms with van der Waals surface area (Å²) in [4.78, 5) is 12.3. The van der Waals surface area contributed by atoms with Crippen molar-refractivity contribution >= 4 is 0 Å². The van der Waals surface area contributed by atoms with Gasteiger partial charge in [0.15, 0.2) is 0 Å². The Labute approximate surface area is 135 Å². The summed E-state index contributed by atoms with van der Waals surface area (Å²) in [5.74, 6) is 0. The van der Waals surface area contributed by atoms with Gasteiger partial charge in [-0.2, -0.15) is 5.10 Å². The highest BCUT2D eigenvalue weighted by Gasteiger charge is 2.16. The highest BCUT2D eigenvalue weighted by atomic mass is 16.1. The van der Waals surface area contributed by atoms with Crippen LogP contribution >= 0.6 is 0 Å². The SMILES string of the molecule is Cc1cccc(-n2nc(C(N)c3ccccc3)c(=O)cc2C)c1. The lowest BCUT2D eigenvalue weighted by Gasteiger charge is -2.15. The molecule has 0 bridgehead atoms. The van der Waals surface area contributed by atoms with E-state index in [1.807, 2.05) is 68.4 Å². The molecule has 4 nitrogen and oxygen atoms in total. The second-order valence-corrected chi connectivity index (χ2v) is 5.67. The molecule has 0 fully saturated rings. The minimum Gasteiger partial charge on any atom is -0.319 e. The molecule has 116 valence electrons. The molecule has 1 atom stereocenters. The summed E-state index contributed by atoms with van der Waals surface area (Å²) in [6, 6.07) is 18.6. The molecule has 0 aliphatic rings. The normalized spacial score (nSPS) is 12.1. The lowest BCUT2D eigenvalue weighted by Crippen LogP contribution is -2.26. The van der Waals surface area contributed by atoms with Crippen LogP contribution in [0.1, 0.15) is 28.6 Å². The van der Waals surface area contributed by atoms with Crippen molar-refractivity contribution in [2.45, 2.75) is 19.9 Å². The molecule has 3 aromatic rings. The number of rotatable bonds is 3. The van der Waals surface area contributed by atoms with Crippen molar-refractivity contribution in [1.82, 2.24) is 9.78 Å². The van der Waals surface area contributed by atoms with Gasteiger partial charge in [-0.1, -0.05) is 42.5 Å². The zero-order chi connectivity index (χ0) is 16.4. The van der Waals surface area contributed by atoms with Gasteiger partial charge in [0.05, 0.1) is 11.7 Å². The fourth-order valence-electron chi connectivity index (χ4n) is 2.62. The number of hydrogen-bond donors (Lipinski definition) is 1. The molecular formula is C19H19N3O. The zero-order valence-corrected chi connectivity index (χ0v) is 13.2. The zero-order valence-electron chi connectivity index (χ0n) is 13.2. The van der Waals surface area contributed by atoms with E-state index in [4.69, 9.17) is 5.73 Å². The lowest BCUT2D eigenvalue weighted by atomic mass is 10.0. The molecule has 0 amide bonds. The number of hydrogen-bond acceptors (Lipinski definition) is 3. The molecule has 1 unspecified atom stereocenters. The maximum atomic E-state index is 12.3. The second-order valence-electron chi connectivity index (χ2n) is 5.67. The maximum Gasteiger partial charge on any atom is 0.205 e. The molecule has 23 heavy (non-hydrogen) atoms. The van der Waals surface area contributed by atoms with Crippen LogP contribution in [0.4, 0.5) is 0 Å². The van der Waals surface area contributed by atoms with E-state index < -0.39 is 6.04 Å². The summed E-state index contributed by atoms with van der Waals surface area (Å²) in [6.45, 7) is 3.90. The van der Waals surface area contributed by atoms with Crippen molar-refractivity contribution in [2.24, 2.45) is 5.73 Å². The van der Waals surface area contributed by atoms with E-state index >= 15 is 0 Å². The third-order valence-corrected chi connectivity index (χ3v) is 3.83. The van der Waals surface area contributed by atoms with Crippen LogP contribution in [-0.2, 0) is 0 Å². The van der Waals surface area contributed by atoms with E-state index in [0.717, 1.165) is 22.5 Å². The summed E-state index contributed by atoms with van der Waals surface area (Å²) in [6.07, 6.45) is 0. The summed E-state index contributed by atoms with van der Waals surface area (Å²) < 4.78 is 1.77. The van der Waals surface area contributed by atoms with Gasteiger partial charge in [0.25, 0.3) is 0 Å². The van der Waals surface area contributed by atoms with Crippen molar-refractivity contribution in [1.29, 1.82) is 0 Å². The number of nitrogens with zero attached hydrogens (tertiary/aromatic N) is 2. The van der Waals surface area contributed by atoms with Crippen LogP contribution in [-0.4, -0.2) is 9.78 Å². The first-order valence-electron chi connectivity index (χ1n) is 7.55. The average molecular weight is 305 g/mol. The van der Waals surface area contributed by atoms with Crippen LogP contribution in [0.2, 0.25) is 0 Å². The molecule has 0 aliphatic heterocycles. The molecule has 0 saturated heterocycles. The van der Waals surface area contributed by atoms with Crippen molar-refractivity contribution in [3.05, 3.63) is 93.4 Å². The van der Waals surface area contributed by atoms with E-state index in [1.165, 1.54) is 0 Å². The average Bonchev–Trinajstić information content (AvgIpc) is 2.55. The lowest BCUT2D eigenvalue weighted by molar-refractivity contribution is 0.708. The van der Waals surface area contributed by atoms with Crippen LogP contribution in [0.3, 0.4) is 0 Å². The third-order valence-electron chi connectivity index (χ3n) is 3.83. The monoisotopic (exact) mass is 305 g/mol. The Morgan fingerprint density at radius 3 is 2.43 bits per heavy atom. The molecule has 0 radical (unpaired) electrons. The Bertz CT molecular complexity index is 885. The highest BCUT2D eigenvalue weighted by molar-refractivity contribution is 5.37. The Hall–Kier alpha value is -2.72. The van der Waals surface area contributed by atoms with Crippen molar-refractivity contribution < 1.29 is 0 Å². The number of benzene rings is 2. The van der Waals surface area contributed by atoms with Crippen LogP contribution in [0.15, 0.2) is 65.5 Å². The Kier molecular flexibility index (Phi) is 4.08. The number of aryl methyl sites for hydroxylation is 2. The fraction of sp³-hybridized carbons (Fsp3) is 0.158. The summed E-state index contributed by atoms with van der Waals surface area (Å²) in [7, 11) is 0. The highest BCUT2D eigenvalue weighted by Crippen LogP contribution is 2.17. The van der Waals surface area contributed by atoms with Crippen LogP contribution in [0.5, 0.6) is 0 Å². The van der Waals surface area contributed by atoms with Crippen LogP contribution in [0.25, 0.3) is 5.69 Å². The summed E-state index contributed by atoms with van der Waals surface area (Å²) >= 11 is 0. The molecule has 0 aliphatic carbocycles. The van der Waals surface area contributed by atoms with Gasteiger partial charge in [0, 0.05) is 11.8 Å². The molecule has 1 heterocycles. The van der Waals surface area contributed by atoms with E-state index in [0.29, 0.717) is 5.69 Å². The van der Waals surface area contributed by atoms with Crippen molar-refractivity contribution in [3.63, 3.8) is 0 Å². The smallest absolute Gasteiger partial charge is 0.205 e. The van der Waals surface area contributed by atoms with Gasteiger partial charge >= 0.3 is 0 Å². The van der Waals surface area contributed by atoms with Gasteiger partial charge in [-0.15, -0.1) is 0 Å². The first-order chi connectivity index (χ1) is 11.1. The second kappa shape index (κ2) is 6.18. The molecule has 4 heteroatoms. The Balaban J connectivity index is 2.12. The Morgan fingerprint density at radius 1 is 1.00 bits per heavy atom. The topological polar surface area (TPSA) is 60.9 Å². The standard InChI is InChI=1S/C19H19N3O/c1-13-7-6-10-16(11-13)22-14(2)12-17(23)19(21-22)18(20)15-8-4-3-5-9-15/h3-12,18H,20H2,1-2H3. The molecular weight excluding hydrogens is 286 g/mol. The van der Waals surface area contributed by atoms with Crippen molar-refractivity contribution in [2.75, 3.05) is 0 Å². The van der Waals surface area contributed by atoms with E-state index in [9.17, 15) is 4.79 Å². The largest absolute Gasteiger partial charge is 0.319 e. The first kappa shape index (κ1) is 15.2. The van der Waals surface area contributed by atoms with Gasteiger partial charge in [-0.3, -0.25) is 4.79 Å². The van der Waals surface area contributed by atoms with E-state index in [2.05, 4.69) is 5.10 Å². The van der Waals surface area contributed by atoms with Crippen LogP contribution < -0.4 is 11.2 Å². The van der Waals surface area contributed by atoms with Gasteiger partial charge < -0.3 is 5.73 Å². The van der Waals surface area contributed by atoms with Crippen molar-refractivity contribution in [3.8, 4) is 5.69 Å². The predicted octanol–water partition coefficient (Wildman–Crippen LogP) is 2.90. The minimum atomic E-state index is -0.541. The summed E-state index contributed by atoms with van der Waals surface area (Å²) in [5, 5.41) is 4.54. The number of aromatic nitrogens is 2. The van der Waals surface area contributed by atoms with Gasteiger partial charge in [0.1, 0.15) is 5.69 Å². The number of nitrogens with two attached hydrogens (primary N) is 1. The van der Waals surface area contributed by atoms with Gasteiger partial charge in [-0.05, 0) is 37.1 Å². The quantitative estimate of drug-likeness (QED) is 0.809. The van der Waals surface area contributed by atoms with E-state index in [-0.39, 0.29) is 5.43 Å². The molecule has 2 N–H and O–H groups in total. The van der Waals surface area contributed by atoms with Gasteiger partial charge in [0.2, 0.25) is 5.43 Å². The molecule has 0 spiro atoms. The van der Waals surface area contributed by atoms with Gasteiger partial charge in [-0.25, -0.2) is 4.68 Å². The fourth-order valence-corrected chi connectivity index (χ4v) is 2.62.